The van der Waals surface area contributed by atoms with E-state index in [-0.39, 0.29) is 29.1 Å². The molecule has 2 atom stereocenters. The van der Waals surface area contributed by atoms with E-state index < -0.39 is 0 Å². The highest BCUT2D eigenvalue weighted by molar-refractivity contribution is 6.03. The molecule has 17 heavy (non-hydrogen) atoms. The van der Waals surface area contributed by atoms with E-state index in [1.54, 1.807) is 11.0 Å². The van der Waals surface area contributed by atoms with Crippen molar-refractivity contribution in [3.63, 3.8) is 0 Å². The average Bonchev–Trinajstić information content (AvgIpc) is 2.33. The number of rotatable bonds is 0. The Labute approximate surface area is 100 Å². The third-order valence-corrected chi connectivity index (χ3v) is 3.48. The molecule has 0 saturated carbocycles. The summed E-state index contributed by atoms with van der Waals surface area (Å²) in [6.07, 6.45) is 3.64. The van der Waals surface area contributed by atoms with E-state index >= 15 is 0 Å². The van der Waals surface area contributed by atoms with Crippen LogP contribution in [0.3, 0.4) is 0 Å². The van der Waals surface area contributed by atoms with E-state index in [4.69, 9.17) is 5.26 Å². The predicted octanol–water partition coefficient (Wildman–Crippen LogP) is 1.06. The fourth-order valence-corrected chi connectivity index (χ4v) is 2.45. The smallest absolute Gasteiger partial charge is 0.219 e. The molecule has 2 aliphatic rings. The maximum atomic E-state index is 11.8. The monoisotopic (exact) mass is 230 g/mol. The number of hydrogen-bond donors (Lipinski definition) is 0. The molecular weight excluding hydrogens is 216 g/mol. The number of carbonyl (C=O) groups excluding carboxylic acids is 2. The van der Waals surface area contributed by atoms with Crippen molar-refractivity contribution in [2.75, 3.05) is 13.1 Å². The second-order valence-electron chi connectivity index (χ2n) is 4.51. The van der Waals surface area contributed by atoms with Crippen molar-refractivity contribution in [2.24, 2.45) is 11.8 Å². The van der Waals surface area contributed by atoms with Crippen LogP contribution in [0.2, 0.25) is 0 Å². The first kappa shape index (κ1) is 11.6. The van der Waals surface area contributed by atoms with Crippen molar-refractivity contribution in [1.82, 2.24) is 4.90 Å². The summed E-state index contributed by atoms with van der Waals surface area (Å²) in [5.41, 5.74) is 1.27. The summed E-state index contributed by atoms with van der Waals surface area (Å²) in [6.45, 7) is 4.50. The largest absolute Gasteiger partial charge is 0.338 e. The number of Topliss-reactive ketones (excluding diaryl/α,β-unsaturated/α-hetero) is 1. The normalized spacial score (nSPS) is 27.8. The zero-order valence-electron chi connectivity index (χ0n) is 9.93. The lowest BCUT2D eigenvalue weighted by Gasteiger charge is -2.35. The Morgan fingerprint density at radius 2 is 2.29 bits per heavy atom. The Morgan fingerprint density at radius 3 is 2.88 bits per heavy atom. The molecule has 88 valence electrons. The number of allylic oxidation sites excluding steroid dienone is 1. The van der Waals surface area contributed by atoms with Crippen LogP contribution in [0, 0.1) is 23.2 Å². The van der Waals surface area contributed by atoms with Gasteiger partial charge in [-0.15, -0.1) is 0 Å². The van der Waals surface area contributed by atoms with Crippen molar-refractivity contribution < 1.29 is 9.59 Å². The molecule has 0 aromatic heterocycles. The van der Waals surface area contributed by atoms with Crippen molar-refractivity contribution >= 4 is 11.7 Å². The number of fused-ring (bicyclic) bond motifs is 1. The fraction of sp³-hybridized carbons (Fsp3) is 0.462. The second kappa shape index (κ2) is 4.17. The van der Waals surface area contributed by atoms with Crippen LogP contribution in [0.25, 0.3) is 0 Å². The van der Waals surface area contributed by atoms with Gasteiger partial charge in [-0.25, -0.2) is 0 Å². The molecule has 2 rings (SSSR count). The zero-order valence-corrected chi connectivity index (χ0v) is 9.93. The van der Waals surface area contributed by atoms with Crippen LogP contribution >= 0.6 is 0 Å². The molecule has 0 bridgehead atoms. The SMILES string of the molecule is CC(=O)N1CC=C2C(C=C(C#N)C(=O)C2C)C1. The van der Waals surface area contributed by atoms with Crippen LogP contribution in [0.15, 0.2) is 23.3 Å². The van der Waals surface area contributed by atoms with Crippen LogP contribution in [-0.4, -0.2) is 29.7 Å². The highest BCUT2D eigenvalue weighted by Gasteiger charge is 2.34. The van der Waals surface area contributed by atoms with Crippen LogP contribution in [-0.2, 0) is 9.59 Å². The maximum absolute atomic E-state index is 11.8. The molecule has 1 heterocycles. The Bertz CT molecular complexity index is 482. The molecular formula is C13H14N2O2. The summed E-state index contributed by atoms with van der Waals surface area (Å²) in [5, 5.41) is 8.91. The van der Waals surface area contributed by atoms with Gasteiger partial charge in [0.2, 0.25) is 5.91 Å². The van der Waals surface area contributed by atoms with Crippen molar-refractivity contribution in [3.8, 4) is 6.07 Å². The summed E-state index contributed by atoms with van der Waals surface area (Å²) in [6, 6.07) is 1.94. The standard InChI is InChI=1S/C13H14N2O2/c1-8-12-3-4-15(9(2)16)7-11(12)5-10(6-14)13(8)17/h3,5,8,11H,4,7H2,1-2H3. The molecule has 1 aliphatic carbocycles. The molecule has 0 radical (unpaired) electrons. The zero-order chi connectivity index (χ0) is 12.6. The Kier molecular flexibility index (Phi) is 2.84. The van der Waals surface area contributed by atoms with Gasteiger partial charge in [-0.05, 0) is 0 Å². The van der Waals surface area contributed by atoms with E-state index in [1.165, 1.54) is 6.92 Å². The molecule has 0 N–H and O–H groups in total. The summed E-state index contributed by atoms with van der Waals surface area (Å²) in [5.74, 6) is -0.285. The third-order valence-electron chi connectivity index (χ3n) is 3.48. The molecule has 0 fully saturated rings. The first-order valence-corrected chi connectivity index (χ1v) is 5.66. The minimum Gasteiger partial charge on any atom is -0.338 e. The molecule has 4 nitrogen and oxygen atoms in total. The quantitative estimate of drug-likeness (QED) is 0.584. The lowest BCUT2D eigenvalue weighted by molar-refractivity contribution is -0.128. The topological polar surface area (TPSA) is 61.2 Å². The van der Waals surface area contributed by atoms with E-state index in [0.717, 1.165) is 5.57 Å². The van der Waals surface area contributed by atoms with Gasteiger partial charge in [-0.2, -0.15) is 5.26 Å². The average molecular weight is 230 g/mol. The molecule has 4 heteroatoms. The first-order valence-electron chi connectivity index (χ1n) is 5.66. The Balaban J connectivity index is 2.35. The summed E-state index contributed by atoms with van der Waals surface area (Å²) >= 11 is 0. The predicted molar refractivity (Wildman–Crippen MR) is 61.7 cm³/mol. The van der Waals surface area contributed by atoms with Gasteiger partial charge in [0, 0.05) is 31.8 Å². The van der Waals surface area contributed by atoms with Gasteiger partial charge in [-0.1, -0.05) is 24.6 Å². The maximum Gasteiger partial charge on any atom is 0.219 e. The number of nitrogens with zero attached hydrogens (tertiary/aromatic N) is 2. The van der Waals surface area contributed by atoms with Crippen LogP contribution in [0.5, 0.6) is 0 Å². The summed E-state index contributed by atoms with van der Waals surface area (Å²) in [7, 11) is 0. The highest BCUT2D eigenvalue weighted by Crippen LogP contribution is 2.33. The number of amides is 1. The second-order valence-corrected chi connectivity index (χ2v) is 4.51. The number of ketones is 1. The van der Waals surface area contributed by atoms with Gasteiger partial charge >= 0.3 is 0 Å². The van der Waals surface area contributed by atoms with E-state index in [2.05, 4.69) is 0 Å². The molecule has 1 aliphatic heterocycles. The molecule has 0 aromatic rings. The van der Waals surface area contributed by atoms with Crippen LogP contribution in [0.1, 0.15) is 13.8 Å². The Morgan fingerprint density at radius 1 is 1.59 bits per heavy atom. The van der Waals surface area contributed by atoms with Crippen molar-refractivity contribution in [3.05, 3.63) is 23.3 Å². The first-order chi connectivity index (χ1) is 8.04. The van der Waals surface area contributed by atoms with E-state index in [1.807, 2.05) is 19.1 Å². The molecule has 1 amide bonds. The van der Waals surface area contributed by atoms with Crippen LogP contribution < -0.4 is 0 Å². The number of hydrogen-bond acceptors (Lipinski definition) is 3. The third kappa shape index (κ3) is 1.89. The summed E-state index contributed by atoms with van der Waals surface area (Å²) < 4.78 is 0. The lowest BCUT2D eigenvalue weighted by Crippen LogP contribution is -2.41. The highest BCUT2D eigenvalue weighted by atomic mass is 16.2. The Hall–Kier alpha value is -1.89. The number of nitriles is 1. The van der Waals surface area contributed by atoms with Gasteiger partial charge < -0.3 is 4.90 Å². The van der Waals surface area contributed by atoms with Gasteiger partial charge in [-0.3, -0.25) is 9.59 Å². The minimum atomic E-state index is -0.228. The number of carbonyl (C=O) groups is 2. The van der Waals surface area contributed by atoms with Crippen molar-refractivity contribution in [1.29, 1.82) is 5.26 Å². The minimum absolute atomic E-state index is 0.0231. The van der Waals surface area contributed by atoms with E-state index in [9.17, 15) is 9.59 Å². The molecule has 2 unspecified atom stereocenters. The summed E-state index contributed by atoms with van der Waals surface area (Å²) in [4.78, 5) is 24.9. The van der Waals surface area contributed by atoms with E-state index in [0.29, 0.717) is 13.1 Å². The lowest BCUT2D eigenvalue weighted by atomic mass is 9.76. The van der Waals surface area contributed by atoms with Gasteiger partial charge in [0.25, 0.3) is 0 Å². The van der Waals surface area contributed by atoms with Gasteiger partial charge in [0.1, 0.15) is 6.07 Å². The van der Waals surface area contributed by atoms with Crippen molar-refractivity contribution in [2.45, 2.75) is 13.8 Å². The molecule has 0 spiro atoms. The molecule has 0 aromatic carbocycles. The van der Waals surface area contributed by atoms with Crippen LogP contribution in [0.4, 0.5) is 0 Å². The van der Waals surface area contributed by atoms with Gasteiger partial charge in [0.05, 0.1) is 5.57 Å². The van der Waals surface area contributed by atoms with Gasteiger partial charge in [0.15, 0.2) is 5.78 Å². The molecule has 0 saturated heterocycles. The fourth-order valence-electron chi connectivity index (χ4n) is 2.45.